The summed E-state index contributed by atoms with van der Waals surface area (Å²) in [4.78, 5) is 33.1. The molecule has 1 amide bonds. The molecule has 2 aromatic carbocycles. The van der Waals surface area contributed by atoms with Crippen LogP contribution < -0.4 is 11.0 Å². The van der Waals surface area contributed by atoms with Gasteiger partial charge >= 0.3 is 0 Å². The number of thiophene rings is 1. The average Bonchev–Trinajstić information content (AvgIpc) is 3.27. The number of hydrazone groups is 1. The van der Waals surface area contributed by atoms with Crippen LogP contribution in [0.1, 0.15) is 34.4 Å². The molecule has 0 atom stereocenters. The zero-order chi connectivity index (χ0) is 24.9. The second kappa shape index (κ2) is 11.1. The van der Waals surface area contributed by atoms with Crippen molar-refractivity contribution in [2.24, 2.45) is 5.10 Å². The number of carbonyl (C=O) groups excluding carboxylic acids is 1. The normalized spacial score (nSPS) is 13.5. The Morgan fingerprint density at radius 1 is 1.14 bits per heavy atom. The maximum Gasteiger partial charge on any atom is 0.267 e. The van der Waals surface area contributed by atoms with E-state index in [2.05, 4.69) is 10.5 Å². The second-order valence-corrected chi connectivity index (χ2v) is 10.7. The minimum Gasteiger partial charge on any atom is -0.272 e. The molecule has 0 unspecified atom stereocenters. The Balaban J connectivity index is 1.37. The smallest absolute Gasteiger partial charge is 0.267 e. The van der Waals surface area contributed by atoms with Gasteiger partial charge in [-0.05, 0) is 61.9 Å². The number of thioether (sulfide) groups is 1. The van der Waals surface area contributed by atoms with Crippen molar-refractivity contribution < 1.29 is 4.79 Å². The largest absolute Gasteiger partial charge is 0.272 e. The molecule has 0 aliphatic heterocycles. The van der Waals surface area contributed by atoms with Gasteiger partial charge in [-0.25, -0.2) is 10.4 Å². The van der Waals surface area contributed by atoms with Gasteiger partial charge in [0.1, 0.15) is 4.83 Å². The summed E-state index contributed by atoms with van der Waals surface area (Å²) in [5, 5.41) is 5.24. The monoisotopic (exact) mass is 514 g/mol. The number of benzene rings is 2. The van der Waals surface area contributed by atoms with Crippen molar-refractivity contribution in [3.8, 4) is 5.69 Å². The number of carbonyl (C=O) groups is 1. The first-order chi connectivity index (χ1) is 17.6. The Bertz CT molecular complexity index is 1500. The van der Waals surface area contributed by atoms with E-state index in [0.717, 1.165) is 58.3 Å². The van der Waals surface area contributed by atoms with Gasteiger partial charge < -0.3 is 0 Å². The molecule has 36 heavy (non-hydrogen) atoms. The Labute approximate surface area is 217 Å². The number of nitrogens with one attached hydrogen (secondary N) is 1. The van der Waals surface area contributed by atoms with E-state index in [4.69, 9.17) is 4.98 Å². The van der Waals surface area contributed by atoms with Crippen LogP contribution in [-0.2, 0) is 17.6 Å². The summed E-state index contributed by atoms with van der Waals surface area (Å²) < 4.78 is 1.65. The summed E-state index contributed by atoms with van der Waals surface area (Å²) in [6.07, 6.45) is 9.39. The summed E-state index contributed by atoms with van der Waals surface area (Å²) >= 11 is 2.86. The van der Waals surface area contributed by atoms with Gasteiger partial charge in [-0.1, -0.05) is 65.9 Å². The molecule has 0 saturated carbocycles. The molecule has 0 radical (unpaired) electrons. The van der Waals surface area contributed by atoms with Gasteiger partial charge in [0.25, 0.3) is 11.5 Å². The molecule has 0 spiro atoms. The maximum atomic E-state index is 13.8. The Hall–Kier alpha value is -3.49. The number of allylic oxidation sites excluding steroid dienone is 1. The van der Waals surface area contributed by atoms with Gasteiger partial charge in [-0.15, -0.1) is 11.3 Å². The van der Waals surface area contributed by atoms with E-state index in [1.165, 1.54) is 22.9 Å². The van der Waals surface area contributed by atoms with Gasteiger partial charge in [0.15, 0.2) is 5.16 Å². The van der Waals surface area contributed by atoms with Crippen molar-refractivity contribution in [1.29, 1.82) is 0 Å². The fourth-order valence-electron chi connectivity index (χ4n) is 4.24. The molecule has 0 saturated heterocycles. The van der Waals surface area contributed by atoms with Crippen molar-refractivity contribution in [3.63, 3.8) is 0 Å². The summed E-state index contributed by atoms with van der Waals surface area (Å²) in [6.45, 7) is 2.01. The van der Waals surface area contributed by atoms with E-state index in [1.807, 2.05) is 67.6 Å². The topological polar surface area (TPSA) is 76.3 Å². The van der Waals surface area contributed by atoms with Crippen molar-refractivity contribution in [2.45, 2.75) is 37.8 Å². The highest BCUT2D eigenvalue weighted by molar-refractivity contribution is 7.99. The zero-order valence-corrected chi connectivity index (χ0v) is 21.6. The minimum absolute atomic E-state index is 0.0600. The lowest BCUT2D eigenvalue weighted by Crippen LogP contribution is -2.24. The highest BCUT2D eigenvalue weighted by Crippen LogP contribution is 2.35. The maximum absolute atomic E-state index is 13.8. The van der Waals surface area contributed by atoms with E-state index in [9.17, 15) is 9.59 Å². The van der Waals surface area contributed by atoms with Crippen LogP contribution in [0, 0.1) is 6.92 Å². The third-order valence-corrected chi connectivity index (χ3v) is 8.15. The van der Waals surface area contributed by atoms with E-state index >= 15 is 0 Å². The zero-order valence-electron chi connectivity index (χ0n) is 19.9. The number of hydrogen-bond donors (Lipinski definition) is 1. The quantitative estimate of drug-likeness (QED) is 0.152. The lowest BCUT2D eigenvalue weighted by molar-refractivity contribution is -0.118. The predicted octanol–water partition coefficient (Wildman–Crippen LogP) is 5.54. The number of fused-ring (bicyclic) bond motifs is 3. The lowest BCUT2D eigenvalue weighted by atomic mass is 9.97. The molecule has 0 fully saturated rings. The second-order valence-electron chi connectivity index (χ2n) is 8.63. The van der Waals surface area contributed by atoms with E-state index < -0.39 is 0 Å². The minimum atomic E-state index is -0.264. The van der Waals surface area contributed by atoms with Gasteiger partial charge in [-0.3, -0.25) is 14.2 Å². The highest BCUT2D eigenvalue weighted by Gasteiger charge is 2.23. The van der Waals surface area contributed by atoms with E-state index in [1.54, 1.807) is 22.0 Å². The van der Waals surface area contributed by atoms with Crippen LogP contribution in [-0.4, -0.2) is 27.4 Å². The number of aryl methyl sites for hydroxylation is 3. The fourth-order valence-corrected chi connectivity index (χ4v) is 6.35. The van der Waals surface area contributed by atoms with Crippen molar-refractivity contribution >= 4 is 51.5 Å². The number of nitrogens with zero attached hydrogens (tertiary/aromatic N) is 3. The SMILES string of the molecule is Cc1ccc(-n2c(SCC(=O)NN=CC=Cc3ccccc3)nc3sc4c(c3c2=O)CCCC4)cc1. The van der Waals surface area contributed by atoms with Crippen LogP contribution in [0.2, 0.25) is 0 Å². The predicted molar refractivity (Wildman–Crippen MR) is 149 cm³/mol. The molecule has 1 N–H and O–H groups in total. The molecule has 1 aliphatic rings. The first-order valence-corrected chi connectivity index (χ1v) is 13.7. The van der Waals surface area contributed by atoms with Crippen molar-refractivity contribution in [3.05, 3.63) is 92.6 Å². The number of rotatable bonds is 7. The summed E-state index contributed by atoms with van der Waals surface area (Å²) in [5.41, 5.74) is 6.56. The molecule has 5 rings (SSSR count). The van der Waals surface area contributed by atoms with Crippen LogP contribution in [0.3, 0.4) is 0 Å². The third kappa shape index (κ3) is 5.34. The number of aromatic nitrogens is 2. The summed E-state index contributed by atoms with van der Waals surface area (Å²) in [5.74, 6) is -0.172. The Kier molecular flexibility index (Phi) is 7.44. The van der Waals surface area contributed by atoms with Crippen LogP contribution >= 0.6 is 23.1 Å². The molecule has 2 aromatic heterocycles. The molecule has 182 valence electrons. The number of hydrogen-bond acceptors (Lipinski definition) is 6. The van der Waals surface area contributed by atoms with Crippen molar-refractivity contribution in [2.75, 3.05) is 5.75 Å². The number of amides is 1. The van der Waals surface area contributed by atoms with Gasteiger partial charge in [0.05, 0.1) is 16.8 Å². The molecule has 1 aliphatic carbocycles. The molecule has 8 heteroatoms. The summed E-state index contributed by atoms with van der Waals surface area (Å²) in [7, 11) is 0. The molecule has 0 bridgehead atoms. The standard InChI is InChI=1S/C28H26N4O2S2/c1-19-13-15-21(16-14-19)32-27(34)25-22-11-5-6-12-23(22)36-26(25)30-28(32)35-18-24(33)31-29-17-7-10-20-8-3-2-4-9-20/h2-4,7-10,13-17H,5-6,11-12,18H2,1H3,(H,31,33). The first kappa shape index (κ1) is 24.2. The lowest BCUT2D eigenvalue weighted by Gasteiger charge is -2.13. The summed E-state index contributed by atoms with van der Waals surface area (Å²) in [6, 6.07) is 17.7. The molecule has 2 heterocycles. The van der Waals surface area contributed by atoms with Crippen molar-refractivity contribution in [1.82, 2.24) is 15.0 Å². The average molecular weight is 515 g/mol. The van der Waals surface area contributed by atoms with Crippen LogP contribution in [0.25, 0.3) is 22.0 Å². The Morgan fingerprint density at radius 3 is 2.72 bits per heavy atom. The third-order valence-electron chi connectivity index (χ3n) is 6.02. The van der Waals surface area contributed by atoms with Gasteiger partial charge in [-0.2, -0.15) is 5.10 Å². The van der Waals surface area contributed by atoms with Crippen LogP contribution in [0.5, 0.6) is 0 Å². The van der Waals surface area contributed by atoms with Crippen LogP contribution in [0.4, 0.5) is 0 Å². The molecule has 4 aromatic rings. The van der Waals surface area contributed by atoms with E-state index in [0.29, 0.717) is 5.16 Å². The Morgan fingerprint density at radius 2 is 1.92 bits per heavy atom. The molecule has 6 nitrogen and oxygen atoms in total. The van der Waals surface area contributed by atoms with Crippen LogP contribution in [0.15, 0.2) is 75.7 Å². The van der Waals surface area contributed by atoms with E-state index in [-0.39, 0.29) is 17.2 Å². The molecular formula is C28H26N4O2S2. The highest BCUT2D eigenvalue weighted by atomic mass is 32.2. The first-order valence-electron chi connectivity index (χ1n) is 11.9. The molecular weight excluding hydrogens is 488 g/mol. The van der Waals surface area contributed by atoms with Gasteiger partial charge in [0, 0.05) is 11.1 Å². The fraction of sp³-hybridized carbons (Fsp3) is 0.214. The van der Waals surface area contributed by atoms with Gasteiger partial charge in [0.2, 0.25) is 0 Å².